The van der Waals surface area contributed by atoms with Crippen LogP contribution in [0, 0.1) is 6.92 Å². The van der Waals surface area contributed by atoms with Gasteiger partial charge in [-0.1, -0.05) is 6.92 Å². The minimum Gasteiger partial charge on any atom is -0.380 e. The van der Waals surface area contributed by atoms with Gasteiger partial charge >= 0.3 is 0 Å². The third-order valence-corrected chi connectivity index (χ3v) is 2.49. The minimum atomic E-state index is 0.0540. The van der Waals surface area contributed by atoms with Crippen LogP contribution in [0.4, 0.5) is 0 Å². The van der Waals surface area contributed by atoms with Gasteiger partial charge in [0.2, 0.25) is 0 Å². The first kappa shape index (κ1) is 12.5. The molecule has 0 unspecified atom stereocenters. The van der Waals surface area contributed by atoms with Crippen LogP contribution in [0.5, 0.6) is 0 Å². The summed E-state index contributed by atoms with van der Waals surface area (Å²) in [5.41, 5.74) is 0.804. The summed E-state index contributed by atoms with van der Waals surface area (Å²) in [6.45, 7) is 5.83. The number of pyridine rings is 1. The zero-order valence-electron chi connectivity index (χ0n) is 9.12. The summed E-state index contributed by atoms with van der Waals surface area (Å²) in [7, 11) is 0. The van der Waals surface area contributed by atoms with Crippen molar-refractivity contribution in [3.8, 4) is 0 Å². The summed E-state index contributed by atoms with van der Waals surface area (Å²) in [4.78, 5) is 11.7. The van der Waals surface area contributed by atoms with Crippen molar-refractivity contribution in [3.63, 3.8) is 0 Å². The third-order valence-electron chi connectivity index (χ3n) is 2.06. The van der Waals surface area contributed by atoms with E-state index in [9.17, 15) is 4.79 Å². The first-order chi connectivity index (χ1) is 7.15. The highest BCUT2D eigenvalue weighted by molar-refractivity contribution is 9.10. The Hall–Kier alpha value is -0.610. The third kappa shape index (κ3) is 3.80. The van der Waals surface area contributed by atoms with Crippen molar-refractivity contribution in [1.29, 1.82) is 0 Å². The molecule has 0 saturated heterocycles. The quantitative estimate of drug-likeness (QED) is 0.772. The summed E-state index contributed by atoms with van der Waals surface area (Å²) in [5, 5.41) is 0. The Labute approximate surface area is 98.2 Å². The van der Waals surface area contributed by atoms with Crippen LogP contribution in [0.1, 0.15) is 18.9 Å². The lowest BCUT2D eigenvalue weighted by Crippen LogP contribution is -2.23. The number of ether oxygens (including phenoxy) is 1. The van der Waals surface area contributed by atoms with Gasteiger partial charge in [0.25, 0.3) is 5.56 Å². The predicted octanol–water partition coefficient (Wildman–Crippen LogP) is 2.35. The average molecular weight is 274 g/mol. The molecular formula is C11H16BrNO2. The molecule has 1 rings (SSSR count). The number of halogens is 1. The minimum absolute atomic E-state index is 0.0540. The summed E-state index contributed by atoms with van der Waals surface area (Å²) in [6.07, 6.45) is 2.80. The molecule has 0 amide bonds. The van der Waals surface area contributed by atoms with Crippen LogP contribution >= 0.6 is 15.9 Å². The second-order valence-corrected chi connectivity index (χ2v) is 4.37. The van der Waals surface area contributed by atoms with E-state index >= 15 is 0 Å². The molecule has 0 spiro atoms. The van der Waals surface area contributed by atoms with E-state index in [1.807, 2.05) is 13.0 Å². The van der Waals surface area contributed by atoms with Gasteiger partial charge in [0.05, 0.1) is 6.61 Å². The van der Waals surface area contributed by atoms with E-state index in [0.29, 0.717) is 13.2 Å². The highest BCUT2D eigenvalue weighted by atomic mass is 79.9. The SMILES string of the molecule is CCCOCCn1cc(Br)cc(C)c1=O. The molecule has 0 aromatic carbocycles. The van der Waals surface area contributed by atoms with Gasteiger partial charge in [-0.3, -0.25) is 4.79 Å². The fourth-order valence-electron chi connectivity index (χ4n) is 1.32. The first-order valence-corrected chi connectivity index (χ1v) is 5.88. The number of nitrogens with zero attached hydrogens (tertiary/aromatic N) is 1. The van der Waals surface area contributed by atoms with Crippen molar-refractivity contribution in [2.45, 2.75) is 26.8 Å². The van der Waals surface area contributed by atoms with E-state index in [4.69, 9.17) is 4.74 Å². The van der Waals surface area contributed by atoms with E-state index in [0.717, 1.165) is 23.1 Å². The molecule has 3 nitrogen and oxygen atoms in total. The van der Waals surface area contributed by atoms with Crippen LogP contribution in [0.2, 0.25) is 0 Å². The van der Waals surface area contributed by atoms with Crippen LogP contribution in [0.3, 0.4) is 0 Å². The number of aryl methyl sites for hydroxylation is 1. The predicted molar refractivity (Wildman–Crippen MR) is 64.2 cm³/mol. The highest BCUT2D eigenvalue weighted by Gasteiger charge is 2.01. The Balaban J connectivity index is 2.64. The highest BCUT2D eigenvalue weighted by Crippen LogP contribution is 2.07. The molecule has 0 atom stereocenters. The zero-order valence-corrected chi connectivity index (χ0v) is 10.7. The van der Waals surface area contributed by atoms with Gasteiger partial charge in [-0.15, -0.1) is 0 Å². The molecule has 0 aliphatic rings. The van der Waals surface area contributed by atoms with Gasteiger partial charge < -0.3 is 9.30 Å². The normalized spacial score (nSPS) is 10.6. The lowest BCUT2D eigenvalue weighted by atomic mass is 10.3. The van der Waals surface area contributed by atoms with Crippen LogP contribution in [-0.4, -0.2) is 17.8 Å². The fraction of sp³-hybridized carbons (Fsp3) is 0.545. The lowest BCUT2D eigenvalue weighted by molar-refractivity contribution is 0.126. The van der Waals surface area contributed by atoms with Crippen molar-refractivity contribution >= 4 is 15.9 Å². The molecule has 15 heavy (non-hydrogen) atoms. The van der Waals surface area contributed by atoms with E-state index in [1.165, 1.54) is 0 Å². The Kier molecular flexibility index (Phi) is 5.05. The Morgan fingerprint density at radius 1 is 1.47 bits per heavy atom. The van der Waals surface area contributed by atoms with Crippen molar-refractivity contribution in [3.05, 3.63) is 32.7 Å². The Morgan fingerprint density at radius 3 is 2.87 bits per heavy atom. The van der Waals surface area contributed by atoms with E-state index in [1.54, 1.807) is 10.8 Å². The van der Waals surface area contributed by atoms with E-state index in [-0.39, 0.29) is 5.56 Å². The van der Waals surface area contributed by atoms with Crippen LogP contribution in [-0.2, 0) is 11.3 Å². The summed E-state index contributed by atoms with van der Waals surface area (Å²) >= 11 is 3.37. The fourth-order valence-corrected chi connectivity index (χ4v) is 1.91. The van der Waals surface area contributed by atoms with Gasteiger partial charge in [-0.05, 0) is 35.3 Å². The summed E-state index contributed by atoms with van der Waals surface area (Å²) < 4.78 is 7.95. The van der Waals surface area contributed by atoms with Gasteiger partial charge in [0.1, 0.15) is 0 Å². The molecule has 1 aromatic heterocycles. The molecule has 0 N–H and O–H groups in total. The van der Waals surface area contributed by atoms with Gasteiger partial charge in [-0.2, -0.15) is 0 Å². The maximum absolute atomic E-state index is 11.7. The molecule has 0 aliphatic heterocycles. The van der Waals surface area contributed by atoms with Gasteiger partial charge in [-0.25, -0.2) is 0 Å². The van der Waals surface area contributed by atoms with Gasteiger partial charge in [0, 0.05) is 29.4 Å². The molecule has 0 fully saturated rings. The molecule has 84 valence electrons. The second-order valence-electron chi connectivity index (χ2n) is 3.45. The average Bonchev–Trinajstić information content (AvgIpc) is 2.19. The van der Waals surface area contributed by atoms with Crippen molar-refractivity contribution in [2.75, 3.05) is 13.2 Å². The van der Waals surface area contributed by atoms with Crippen LogP contribution in [0.25, 0.3) is 0 Å². The maximum atomic E-state index is 11.7. The summed E-state index contributed by atoms with van der Waals surface area (Å²) in [6, 6.07) is 1.83. The molecule has 1 aromatic rings. The topological polar surface area (TPSA) is 31.2 Å². The Morgan fingerprint density at radius 2 is 2.20 bits per heavy atom. The molecule has 0 radical (unpaired) electrons. The number of aromatic nitrogens is 1. The second kappa shape index (κ2) is 6.08. The molecule has 4 heteroatoms. The lowest BCUT2D eigenvalue weighted by Gasteiger charge is -2.07. The first-order valence-electron chi connectivity index (χ1n) is 5.09. The maximum Gasteiger partial charge on any atom is 0.253 e. The van der Waals surface area contributed by atoms with Crippen molar-refractivity contribution in [1.82, 2.24) is 4.57 Å². The van der Waals surface area contributed by atoms with Gasteiger partial charge in [0.15, 0.2) is 0 Å². The molecular weight excluding hydrogens is 258 g/mol. The number of hydrogen-bond acceptors (Lipinski definition) is 2. The van der Waals surface area contributed by atoms with Crippen molar-refractivity contribution in [2.24, 2.45) is 0 Å². The van der Waals surface area contributed by atoms with E-state index < -0.39 is 0 Å². The molecule has 0 aliphatic carbocycles. The van der Waals surface area contributed by atoms with Crippen molar-refractivity contribution < 1.29 is 4.74 Å². The van der Waals surface area contributed by atoms with E-state index in [2.05, 4.69) is 22.9 Å². The Bertz CT molecular complexity index is 373. The molecule has 0 bridgehead atoms. The number of rotatable bonds is 5. The van der Waals surface area contributed by atoms with Crippen LogP contribution in [0.15, 0.2) is 21.5 Å². The smallest absolute Gasteiger partial charge is 0.253 e. The largest absolute Gasteiger partial charge is 0.380 e. The molecule has 1 heterocycles. The number of hydrogen-bond donors (Lipinski definition) is 0. The standard InChI is InChI=1S/C11H16BrNO2/c1-3-5-15-6-4-13-8-10(12)7-9(2)11(13)14/h7-8H,3-6H2,1-2H3. The molecule has 0 saturated carbocycles. The van der Waals surface area contributed by atoms with Crippen LogP contribution < -0.4 is 5.56 Å². The zero-order chi connectivity index (χ0) is 11.3. The monoisotopic (exact) mass is 273 g/mol. The summed E-state index contributed by atoms with van der Waals surface area (Å²) in [5.74, 6) is 0.